The minimum absolute atomic E-state index is 0.0349. The lowest BCUT2D eigenvalue weighted by molar-refractivity contribution is -0.137. The topological polar surface area (TPSA) is 78.6 Å². The molecule has 0 aliphatic rings. The Morgan fingerprint density at radius 3 is 2.17 bits per heavy atom. The van der Waals surface area contributed by atoms with Gasteiger partial charge < -0.3 is 15.2 Å². The molecule has 1 aromatic rings. The Bertz CT molecular complexity index is 477. The summed E-state index contributed by atoms with van der Waals surface area (Å²) in [5.74, 6) is -0.616. The highest BCUT2D eigenvalue weighted by atomic mass is 16.5. The van der Waals surface area contributed by atoms with Gasteiger partial charge >= 0.3 is 5.97 Å². The molecule has 0 radical (unpaired) electrons. The zero-order valence-electron chi connectivity index (χ0n) is 14.4. The maximum absolute atomic E-state index is 11.1. The molecule has 5 nitrogen and oxygen atoms in total. The van der Waals surface area contributed by atoms with Gasteiger partial charge in [-0.2, -0.15) is 0 Å². The van der Waals surface area contributed by atoms with Crippen molar-refractivity contribution in [3.05, 3.63) is 60.0 Å². The van der Waals surface area contributed by atoms with E-state index in [0.29, 0.717) is 12.0 Å². The van der Waals surface area contributed by atoms with Gasteiger partial charge in [0.2, 0.25) is 0 Å². The summed E-state index contributed by atoms with van der Waals surface area (Å²) in [4.78, 5) is 21.8. The van der Waals surface area contributed by atoms with E-state index in [-0.39, 0.29) is 19.0 Å². The Balaban J connectivity index is 0. The van der Waals surface area contributed by atoms with Gasteiger partial charge in [0.15, 0.2) is 12.0 Å². The van der Waals surface area contributed by atoms with Crippen molar-refractivity contribution in [1.82, 2.24) is 0 Å². The summed E-state index contributed by atoms with van der Waals surface area (Å²) in [6, 6.07) is 9.36. The normalized spacial score (nSPS) is 9.30. The van der Waals surface area contributed by atoms with Gasteiger partial charge in [-0.15, -0.1) is 0 Å². The molecule has 2 N–H and O–H groups in total. The molecular formula is C18H27NO4. The number of hydrogen-bond donors (Lipinski definition) is 1. The van der Waals surface area contributed by atoms with Crippen molar-refractivity contribution < 1.29 is 19.1 Å². The number of ether oxygens (including phenoxy) is 2. The first-order valence-corrected chi connectivity index (χ1v) is 7.41. The largest absolute Gasteiger partial charge is 0.485 e. The van der Waals surface area contributed by atoms with Crippen LogP contribution in [0.25, 0.3) is 0 Å². The van der Waals surface area contributed by atoms with Gasteiger partial charge in [-0.05, 0) is 25.1 Å². The average molecular weight is 321 g/mol. The molecule has 0 unspecified atom stereocenters. The van der Waals surface area contributed by atoms with Crippen molar-refractivity contribution in [2.75, 3.05) is 6.61 Å². The molecule has 0 amide bonds. The van der Waals surface area contributed by atoms with Gasteiger partial charge in [0.1, 0.15) is 6.61 Å². The maximum atomic E-state index is 11.1. The zero-order valence-corrected chi connectivity index (χ0v) is 14.4. The van der Waals surface area contributed by atoms with Crippen LogP contribution in [0.5, 0.6) is 0 Å². The van der Waals surface area contributed by atoms with Crippen LogP contribution in [0.3, 0.4) is 0 Å². The fourth-order valence-corrected chi connectivity index (χ4v) is 1.15. The molecule has 0 fully saturated rings. The smallest absolute Gasteiger partial charge is 0.334 e. The molecule has 0 heterocycles. The minimum atomic E-state index is -0.581. The third-order valence-electron chi connectivity index (χ3n) is 1.91. The van der Waals surface area contributed by atoms with Crippen LogP contribution in [0, 0.1) is 0 Å². The van der Waals surface area contributed by atoms with E-state index in [1.54, 1.807) is 13.8 Å². The van der Waals surface area contributed by atoms with E-state index < -0.39 is 5.97 Å². The first kappa shape index (κ1) is 22.7. The van der Waals surface area contributed by atoms with E-state index in [9.17, 15) is 9.59 Å². The fraction of sp³-hybridized carbons (Fsp3) is 0.333. The molecule has 0 aliphatic heterocycles. The van der Waals surface area contributed by atoms with Crippen molar-refractivity contribution in [2.24, 2.45) is 5.73 Å². The number of benzene rings is 1. The highest BCUT2D eigenvalue weighted by molar-refractivity contribution is 5.88. The number of nitrogens with two attached hydrogens (primary N) is 1. The van der Waals surface area contributed by atoms with E-state index in [1.807, 2.05) is 44.2 Å². The van der Waals surface area contributed by atoms with Crippen LogP contribution in [-0.2, 0) is 25.7 Å². The monoisotopic (exact) mass is 321 g/mol. The third kappa shape index (κ3) is 15.6. The summed E-state index contributed by atoms with van der Waals surface area (Å²) in [6.07, 6.45) is 1.53. The second-order valence-electron chi connectivity index (χ2n) is 4.04. The van der Waals surface area contributed by atoms with Crippen molar-refractivity contribution in [3.63, 3.8) is 0 Å². The molecule has 0 saturated heterocycles. The fourth-order valence-electron chi connectivity index (χ4n) is 1.15. The van der Waals surface area contributed by atoms with Crippen LogP contribution >= 0.6 is 0 Å². The molecule has 1 rings (SSSR count). The Hall–Kier alpha value is -2.56. The molecule has 0 aromatic heterocycles. The number of allylic oxidation sites excluding steroid dienone is 2. The predicted octanol–water partition coefficient (Wildman–Crippen LogP) is 3.35. The molecule has 23 heavy (non-hydrogen) atoms. The van der Waals surface area contributed by atoms with Crippen molar-refractivity contribution in [2.45, 2.75) is 34.3 Å². The van der Waals surface area contributed by atoms with Crippen LogP contribution in [0.1, 0.15) is 33.3 Å². The van der Waals surface area contributed by atoms with Gasteiger partial charge in [-0.3, -0.25) is 4.79 Å². The van der Waals surface area contributed by atoms with Crippen molar-refractivity contribution in [3.8, 4) is 0 Å². The molecule has 128 valence electrons. The van der Waals surface area contributed by atoms with Gasteiger partial charge in [0.05, 0.1) is 12.7 Å². The SMILES string of the molecule is C=C(C)N.CC.CCOC(=O)/C=C(/C=O)OCc1ccccc1. The second kappa shape index (κ2) is 15.8. The van der Waals surface area contributed by atoms with E-state index in [0.717, 1.165) is 11.6 Å². The lowest BCUT2D eigenvalue weighted by Crippen LogP contribution is -2.04. The number of carbonyl (C=O) groups excluding carboxylic acids is 2. The summed E-state index contributed by atoms with van der Waals surface area (Å²) in [6.45, 7) is 11.3. The van der Waals surface area contributed by atoms with E-state index in [2.05, 4.69) is 11.3 Å². The highest BCUT2D eigenvalue weighted by Crippen LogP contribution is 2.04. The Kier molecular flexibility index (Phi) is 15.6. The molecule has 5 heteroatoms. The molecular weight excluding hydrogens is 294 g/mol. The number of aldehydes is 1. The van der Waals surface area contributed by atoms with Crippen LogP contribution in [0.2, 0.25) is 0 Å². The number of hydrogen-bond acceptors (Lipinski definition) is 5. The van der Waals surface area contributed by atoms with Gasteiger partial charge in [0.25, 0.3) is 0 Å². The standard InChI is InChI=1S/C13H14O4.C3H7N.C2H6/c1-2-16-13(15)8-12(9-14)17-10-11-6-4-3-5-7-11;1-3(2)4;1-2/h3-9H,2,10H2,1H3;1,4H2,2H3;1-2H3/b12-8-;;. The van der Waals surface area contributed by atoms with Crippen LogP contribution in [0.4, 0.5) is 0 Å². The molecule has 0 spiro atoms. The summed E-state index contributed by atoms with van der Waals surface area (Å²) in [7, 11) is 0. The zero-order chi connectivity index (χ0) is 18.1. The Labute approximate surface area is 138 Å². The molecule has 1 aromatic carbocycles. The number of carbonyl (C=O) groups is 2. The van der Waals surface area contributed by atoms with Gasteiger partial charge in [0, 0.05) is 0 Å². The summed E-state index contributed by atoms with van der Waals surface area (Å²) < 4.78 is 9.86. The predicted molar refractivity (Wildman–Crippen MR) is 92.4 cm³/mol. The van der Waals surface area contributed by atoms with E-state index >= 15 is 0 Å². The number of esters is 1. The summed E-state index contributed by atoms with van der Waals surface area (Å²) in [5.41, 5.74) is 6.50. The quantitative estimate of drug-likeness (QED) is 0.376. The third-order valence-corrected chi connectivity index (χ3v) is 1.91. The Morgan fingerprint density at radius 2 is 1.74 bits per heavy atom. The van der Waals surface area contributed by atoms with Crippen LogP contribution in [0.15, 0.2) is 54.4 Å². The van der Waals surface area contributed by atoms with Crippen molar-refractivity contribution in [1.29, 1.82) is 0 Å². The first-order valence-electron chi connectivity index (χ1n) is 7.41. The van der Waals surface area contributed by atoms with Crippen molar-refractivity contribution >= 4 is 12.3 Å². The molecule has 0 aliphatic carbocycles. The molecule has 0 bridgehead atoms. The summed E-state index contributed by atoms with van der Waals surface area (Å²) in [5, 5.41) is 0. The number of rotatable bonds is 6. The van der Waals surface area contributed by atoms with Gasteiger partial charge in [-0.1, -0.05) is 50.8 Å². The maximum Gasteiger partial charge on any atom is 0.334 e. The van der Waals surface area contributed by atoms with Crippen LogP contribution < -0.4 is 5.73 Å². The van der Waals surface area contributed by atoms with E-state index in [1.165, 1.54) is 0 Å². The summed E-state index contributed by atoms with van der Waals surface area (Å²) >= 11 is 0. The molecule has 0 atom stereocenters. The lowest BCUT2D eigenvalue weighted by Gasteiger charge is -2.05. The average Bonchev–Trinajstić information content (AvgIpc) is 2.54. The highest BCUT2D eigenvalue weighted by Gasteiger charge is 2.03. The second-order valence-corrected chi connectivity index (χ2v) is 4.04. The van der Waals surface area contributed by atoms with Crippen LogP contribution in [-0.4, -0.2) is 18.9 Å². The lowest BCUT2D eigenvalue weighted by atomic mass is 10.2. The van der Waals surface area contributed by atoms with Gasteiger partial charge in [-0.25, -0.2) is 4.79 Å². The van der Waals surface area contributed by atoms with E-state index in [4.69, 9.17) is 10.5 Å². The minimum Gasteiger partial charge on any atom is -0.485 e. The molecule has 0 saturated carbocycles. The Morgan fingerprint density at radius 1 is 1.22 bits per heavy atom. The first-order chi connectivity index (χ1) is 11.0.